The second kappa shape index (κ2) is 8.87. The molecule has 0 radical (unpaired) electrons. The summed E-state index contributed by atoms with van der Waals surface area (Å²) in [7, 11) is 0. The summed E-state index contributed by atoms with van der Waals surface area (Å²) in [5.41, 5.74) is 3.49. The lowest BCUT2D eigenvalue weighted by Gasteiger charge is -2.31. The van der Waals surface area contributed by atoms with Crippen molar-refractivity contribution in [1.29, 1.82) is 0 Å². The first kappa shape index (κ1) is 19.9. The third kappa shape index (κ3) is 4.88. The predicted octanol–water partition coefficient (Wildman–Crippen LogP) is 3.60. The van der Waals surface area contributed by atoms with E-state index in [1.807, 2.05) is 43.0 Å². The van der Waals surface area contributed by atoms with E-state index in [0.29, 0.717) is 25.3 Å². The molecule has 1 amide bonds. The Labute approximate surface area is 165 Å². The summed E-state index contributed by atoms with van der Waals surface area (Å²) < 4.78 is 5.96. The van der Waals surface area contributed by atoms with Gasteiger partial charge in [0.05, 0.1) is 0 Å². The van der Waals surface area contributed by atoms with Crippen LogP contribution in [0.4, 0.5) is 0 Å². The highest BCUT2D eigenvalue weighted by Gasteiger charge is 2.25. The Bertz CT molecular complexity index is 820. The molecule has 3 rings (SSSR count). The summed E-state index contributed by atoms with van der Waals surface area (Å²) in [4.78, 5) is 29.7. The molecule has 6 heteroatoms. The highest BCUT2D eigenvalue weighted by Crippen LogP contribution is 2.28. The summed E-state index contributed by atoms with van der Waals surface area (Å²) in [6.45, 7) is 5.53. The number of aromatic nitrogens is 1. The second-order valence-electron chi connectivity index (χ2n) is 7.42. The third-order valence-electron chi connectivity index (χ3n) is 5.18. The molecule has 1 aromatic carbocycles. The van der Waals surface area contributed by atoms with Gasteiger partial charge < -0.3 is 14.7 Å². The SMILES string of the molecule is Cc1cc(C(=O)N2CCC(CC(=O)O)CC2)cc(C)c1OCc1cccnc1. The Kier molecular flexibility index (Phi) is 6.29. The average Bonchev–Trinajstić information content (AvgIpc) is 2.67. The summed E-state index contributed by atoms with van der Waals surface area (Å²) >= 11 is 0. The first-order valence-corrected chi connectivity index (χ1v) is 9.58. The van der Waals surface area contributed by atoms with Gasteiger partial charge in [0.15, 0.2) is 0 Å². The van der Waals surface area contributed by atoms with Crippen LogP contribution in [0.1, 0.15) is 46.3 Å². The van der Waals surface area contributed by atoms with Gasteiger partial charge in [0, 0.05) is 43.0 Å². The molecule has 1 saturated heterocycles. The number of nitrogens with zero attached hydrogens (tertiary/aromatic N) is 2. The summed E-state index contributed by atoms with van der Waals surface area (Å²) in [6, 6.07) is 7.58. The van der Waals surface area contributed by atoms with Crippen molar-refractivity contribution < 1.29 is 19.4 Å². The molecule has 2 heterocycles. The minimum Gasteiger partial charge on any atom is -0.488 e. The fourth-order valence-electron chi connectivity index (χ4n) is 3.71. The van der Waals surface area contributed by atoms with Crippen molar-refractivity contribution in [3.63, 3.8) is 0 Å². The standard InChI is InChI=1S/C22H26N2O4/c1-15-10-19(22(27)24-8-5-17(6-9-24)12-20(25)26)11-16(2)21(15)28-14-18-4-3-7-23-13-18/h3-4,7,10-11,13,17H,5-6,8-9,12,14H2,1-2H3,(H,25,26). The number of pyridine rings is 1. The lowest BCUT2D eigenvalue weighted by Crippen LogP contribution is -2.39. The molecule has 0 atom stereocenters. The molecule has 1 N–H and O–H groups in total. The molecule has 1 aromatic heterocycles. The molecule has 6 nitrogen and oxygen atoms in total. The number of amides is 1. The number of benzene rings is 1. The van der Waals surface area contributed by atoms with Crippen LogP contribution in [0.3, 0.4) is 0 Å². The van der Waals surface area contributed by atoms with Gasteiger partial charge in [0.25, 0.3) is 5.91 Å². The fourth-order valence-corrected chi connectivity index (χ4v) is 3.71. The van der Waals surface area contributed by atoms with Crippen LogP contribution in [-0.2, 0) is 11.4 Å². The predicted molar refractivity (Wildman–Crippen MR) is 105 cm³/mol. The zero-order chi connectivity index (χ0) is 20.1. The monoisotopic (exact) mass is 382 g/mol. The highest BCUT2D eigenvalue weighted by atomic mass is 16.5. The molecule has 28 heavy (non-hydrogen) atoms. The van der Waals surface area contributed by atoms with Crippen molar-refractivity contribution in [2.24, 2.45) is 5.92 Å². The zero-order valence-electron chi connectivity index (χ0n) is 16.4. The van der Waals surface area contributed by atoms with Crippen molar-refractivity contribution in [2.75, 3.05) is 13.1 Å². The van der Waals surface area contributed by atoms with Crippen molar-refractivity contribution in [1.82, 2.24) is 9.88 Å². The number of piperidine rings is 1. The Morgan fingerprint density at radius 3 is 2.46 bits per heavy atom. The molecule has 0 aliphatic carbocycles. The van der Waals surface area contributed by atoms with Crippen LogP contribution in [0, 0.1) is 19.8 Å². The molecular formula is C22H26N2O4. The third-order valence-corrected chi connectivity index (χ3v) is 5.18. The number of carboxylic acids is 1. The van der Waals surface area contributed by atoms with Crippen molar-refractivity contribution in [2.45, 2.75) is 39.7 Å². The van der Waals surface area contributed by atoms with E-state index in [9.17, 15) is 9.59 Å². The molecule has 1 aliphatic rings. The molecule has 2 aromatic rings. The summed E-state index contributed by atoms with van der Waals surface area (Å²) in [5, 5.41) is 8.93. The van der Waals surface area contributed by atoms with E-state index in [-0.39, 0.29) is 18.2 Å². The lowest BCUT2D eigenvalue weighted by atomic mass is 9.93. The smallest absolute Gasteiger partial charge is 0.303 e. The van der Waals surface area contributed by atoms with Crippen LogP contribution in [0.5, 0.6) is 5.75 Å². The number of hydrogen-bond acceptors (Lipinski definition) is 4. The van der Waals surface area contributed by atoms with E-state index in [4.69, 9.17) is 9.84 Å². The maximum atomic E-state index is 12.9. The Hall–Kier alpha value is -2.89. The highest BCUT2D eigenvalue weighted by molar-refractivity contribution is 5.95. The number of carbonyl (C=O) groups excluding carboxylic acids is 1. The number of aliphatic carboxylic acids is 1. The van der Waals surface area contributed by atoms with Gasteiger partial charge in [-0.15, -0.1) is 0 Å². The van der Waals surface area contributed by atoms with E-state index in [1.165, 1.54) is 0 Å². The van der Waals surface area contributed by atoms with Crippen LogP contribution in [0.15, 0.2) is 36.7 Å². The summed E-state index contributed by atoms with van der Waals surface area (Å²) in [5.74, 6) is 0.186. The number of ether oxygens (including phenoxy) is 1. The Morgan fingerprint density at radius 2 is 1.89 bits per heavy atom. The van der Waals surface area contributed by atoms with Gasteiger partial charge in [-0.25, -0.2) is 0 Å². The number of carbonyl (C=O) groups is 2. The van der Waals surface area contributed by atoms with Gasteiger partial charge in [-0.05, 0) is 61.9 Å². The van der Waals surface area contributed by atoms with Crippen LogP contribution in [-0.4, -0.2) is 40.0 Å². The second-order valence-corrected chi connectivity index (χ2v) is 7.42. The normalized spacial score (nSPS) is 14.7. The van der Waals surface area contributed by atoms with Gasteiger partial charge >= 0.3 is 5.97 Å². The minimum absolute atomic E-state index is 0.00113. The van der Waals surface area contributed by atoms with Gasteiger partial charge in [0.2, 0.25) is 0 Å². The van der Waals surface area contributed by atoms with Crippen molar-refractivity contribution in [3.8, 4) is 5.75 Å². The van der Waals surface area contributed by atoms with E-state index < -0.39 is 5.97 Å². The van der Waals surface area contributed by atoms with Crippen LogP contribution < -0.4 is 4.74 Å². The summed E-state index contributed by atoms with van der Waals surface area (Å²) in [6.07, 6.45) is 5.16. The number of hydrogen-bond donors (Lipinski definition) is 1. The molecule has 0 bridgehead atoms. The number of carboxylic acid groups (broad SMARTS) is 1. The van der Waals surface area contributed by atoms with E-state index >= 15 is 0 Å². The van der Waals surface area contributed by atoms with E-state index in [2.05, 4.69) is 4.98 Å². The molecule has 0 unspecified atom stereocenters. The maximum Gasteiger partial charge on any atom is 0.303 e. The number of likely N-dealkylation sites (tertiary alicyclic amines) is 1. The molecule has 0 spiro atoms. The van der Waals surface area contributed by atoms with Gasteiger partial charge in [-0.1, -0.05) is 6.07 Å². The van der Waals surface area contributed by atoms with Gasteiger partial charge in [-0.2, -0.15) is 0 Å². The Morgan fingerprint density at radius 1 is 1.21 bits per heavy atom. The fraction of sp³-hybridized carbons (Fsp3) is 0.409. The van der Waals surface area contributed by atoms with Crippen LogP contribution >= 0.6 is 0 Å². The van der Waals surface area contributed by atoms with E-state index in [1.54, 1.807) is 12.4 Å². The Balaban J connectivity index is 1.65. The van der Waals surface area contributed by atoms with Gasteiger partial charge in [-0.3, -0.25) is 14.6 Å². The molecule has 0 saturated carbocycles. The lowest BCUT2D eigenvalue weighted by molar-refractivity contribution is -0.138. The quantitative estimate of drug-likeness (QED) is 0.826. The van der Waals surface area contributed by atoms with Crippen molar-refractivity contribution in [3.05, 3.63) is 58.9 Å². The van der Waals surface area contributed by atoms with Gasteiger partial charge in [0.1, 0.15) is 12.4 Å². The first-order valence-electron chi connectivity index (χ1n) is 9.58. The van der Waals surface area contributed by atoms with Crippen LogP contribution in [0.25, 0.3) is 0 Å². The average molecular weight is 382 g/mol. The molecule has 148 valence electrons. The number of rotatable bonds is 6. The van der Waals surface area contributed by atoms with Crippen LogP contribution in [0.2, 0.25) is 0 Å². The first-order chi connectivity index (χ1) is 13.4. The largest absolute Gasteiger partial charge is 0.488 e. The molecule has 1 aliphatic heterocycles. The van der Waals surface area contributed by atoms with E-state index in [0.717, 1.165) is 35.3 Å². The van der Waals surface area contributed by atoms with Crippen molar-refractivity contribution >= 4 is 11.9 Å². The topological polar surface area (TPSA) is 79.7 Å². The maximum absolute atomic E-state index is 12.9. The minimum atomic E-state index is -0.766. The molecular weight excluding hydrogens is 356 g/mol. The molecule has 1 fully saturated rings. The zero-order valence-corrected chi connectivity index (χ0v) is 16.4. The number of aryl methyl sites for hydroxylation is 2.